The Hall–Kier alpha value is -2.00. The lowest BCUT2D eigenvalue weighted by Crippen LogP contribution is -2.39. The highest BCUT2D eigenvalue weighted by Gasteiger charge is 2.27. The Bertz CT molecular complexity index is 1220. The van der Waals surface area contributed by atoms with Crippen LogP contribution in [0.4, 0.5) is 5.13 Å². The molecule has 0 bridgehead atoms. The molecular weight excluding hydrogens is 478 g/mol. The summed E-state index contributed by atoms with van der Waals surface area (Å²) < 4.78 is 26.4. The van der Waals surface area contributed by atoms with Gasteiger partial charge in [-0.15, -0.1) is 12.4 Å². The Morgan fingerprint density at radius 3 is 2.33 bits per heavy atom. The van der Waals surface area contributed by atoms with Gasteiger partial charge in [-0.25, -0.2) is 13.4 Å². The maximum absolute atomic E-state index is 13.8. The van der Waals surface area contributed by atoms with Crippen LogP contribution in [0.25, 0.3) is 10.2 Å². The molecule has 0 spiro atoms. The van der Waals surface area contributed by atoms with Crippen LogP contribution in [0.15, 0.2) is 41.3 Å². The highest BCUT2D eigenvalue weighted by atomic mass is 35.5. The summed E-state index contributed by atoms with van der Waals surface area (Å²) in [5.41, 5.74) is 3.28. The molecule has 0 aliphatic rings. The highest BCUT2D eigenvalue weighted by Crippen LogP contribution is 2.33. The van der Waals surface area contributed by atoms with E-state index in [4.69, 9.17) is 4.98 Å². The largest absolute Gasteiger partial charge is 0.302 e. The van der Waals surface area contributed by atoms with Crippen molar-refractivity contribution < 1.29 is 13.2 Å². The lowest BCUT2D eigenvalue weighted by atomic mass is 10.1. The Balaban J connectivity index is 0.00000385. The molecule has 3 rings (SSSR count). The van der Waals surface area contributed by atoms with Crippen molar-refractivity contribution in [1.82, 2.24) is 9.88 Å². The smallest absolute Gasteiger partial charge is 0.261 e. The summed E-state index contributed by atoms with van der Waals surface area (Å²) in [7, 11) is -3.54. The summed E-state index contributed by atoms with van der Waals surface area (Å²) in [6.07, 6.45) is 0. The third kappa shape index (κ3) is 5.93. The Labute approximate surface area is 207 Å². The molecule has 0 aliphatic heterocycles. The minimum absolute atomic E-state index is 0. The number of aromatic nitrogens is 1. The van der Waals surface area contributed by atoms with Crippen molar-refractivity contribution in [2.24, 2.45) is 0 Å². The molecule has 1 amide bonds. The van der Waals surface area contributed by atoms with Crippen molar-refractivity contribution in [2.45, 2.75) is 39.5 Å². The normalized spacial score (nSPS) is 11.6. The van der Waals surface area contributed by atoms with Gasteiger partial charge in [-0.3, -0.25) is 9.69 Å². The molecule has 6 nitrogen and oxygen atoms in total. The molecular formula is C24H32ClN3O3S2. The third-order valence-electron chi connectivity index (χ3n) is 5.66. The van der Waals surface area contributed by atoms with E-state index in [9.17, 15) is 13.2 Å². The quantitative estimate of drug-likeness (QED) is 0.400. The second kappa shape index (κ2) is 11.4. The number of anilines is 1. The van der Waals surface area contributed by atoms with Crippen LogP contribution in [-0.4, -0.2) is 56.1 Å². The SMILES string of the molecule is CCN(CC)CCN(C(=O)c1ccccc1S(=O)(=O)CC)c1nc2c(C)cc(C)cc2s1.Cl. The van der Waals surface area contributed by atoms with Gasteiger partial charge in [-0.05, 0) is 56.3 Å². The predicted octanol–water partition coefficient (Wildman–Crippen LogP) is 5.12. The number of fused-ring (bicyclic) bond motifs is 1. The second-order valence-electron chi connectivity index (χ2n) is 7.81. The van der Waals surface area contributed by atoms with Gasteiger partial charge in [0.25, 0.3) is 5.91 Å². The van der Waals surface area contributed by atoms with Crippen LogP contribution < -0.4 is 4.90 Å². The van der Waals surface area contributed by atoms with E-state index < -0.39 is 9.84 Å². The van der Waals surface area contributed by atoms with Gasteiger partial charge in [0.05, 0.1) is 26.4 Å². The van der Waals surface area contributed by atoms with Crippen molar-refractivity contribution in [2.75, 3.05) is 36.8 Å². The van der Waals surface area contributed by atoms with Crippen LogP contribution in [0.1, 0.15) is 42.3 Å². The molecule has 33 heavy (non-hydrogen) atoms. The summed E-state index contributed by atoms with van der Waals surface area (Å²) in [6, 6.07) is 10.6. The van der Waals surface area contributed by atoms with Crippen LogP contribution in [0.2, 0.25) is 0 Å². The minimum Gasteiger partial charge on any atom is -0.302 e. The van der Waals surface area contributed by atoms with Crippen LogP contribution in [0.3, 0.4) is 0 Å². The number of rotatable bonds is 9. The number of hydrogen-bond donors (Lipinski definition) is 0. The number of amides is 1. The maximum Gasteiger partial charge on any atom is 0.261 e. The first-order chi connectivity index (χ1) is 15.2. The van der Waals surface area contributed by atoms with Crippen LogP contribution in [0.5, 0.6) is 0 Å². The number of aryl methyl sites for hydroxylation is 2. The molecule has 180 valence electrons. The molecule has 0 aliphatic carbocycles. The van der Waals surface area contributed by atoms with Gasteiger partial charge in [-0.1, -0.05) is 50.3 Å². The summed E-state index contributed by atoms with van der Waals surface area (Å²) >= 11 is 1.47. The van der Waals surface area contributed by atoms with Crippen LogP contribution in [0, 0.1) is 13.8 Å². The molecule has 0 atom stereocenters. The van der Waals surface area contributed by atoms with Gasteiger partial charge in [0, 0.05) is 13.1 Å². The summed E-state index contributed by atoms with van der Waals surface area (Å²) in [5, 5.41) is 0.592. The third-order valence-corrected chi connectivity index (χ3v) is 8.47. The number of hydrogen-bond acceptors (Lipinski definition) is 6. The Morgan fingerprint density at radius 1 is 1.03 bits per heavy atom. The van der Waals surface area contributed by atoms with Gasteiger partial charge in [0.2, 0.25) is 0 Å². The number of benzene rings is 2. The van der Waals surface area contributed by atoms with Crippen molar-refractivity contribution in [1.29, 1.82) is 0 Å². The standard InChI is InChI=1S/C24H31N3O3S2.ClH/c1-6-26(7-2)13-14-27(24-25-22-18(5)15-17(4)16-20(22)31-24)23(28)19-11-9-10-12-21(19)32(29,30)8-3;/h9-12,15-16H,6-8,13-14H2,1-5H3;1H. The maximum atomic E-state index is 13.8. The van der Waals surface area contributed by atoms with Crippen molar-refractivity contribution in [3.8, 4) is 0 Å². The van der Waals surface area contributed by atoms with E-state index in [1.165, 1.54) is 17.4 Å². The van der Waals surface area contributed by atoms with Crippen molar-refractivity contribution in [3.63, 3.8) is 0 Å². The minimum atomic E-state index is -3.54. The van der Waals surface area contributed by atoms with Crippen LogP contribution in [-0.2, 0) is 9.84 Å². The monoisotopic (exact) mass is 509 g/mol. The molecule has 3 aromatic rings. The second-order valence-corrected chi connectivity index (χ2v) is 11.1. The first-order valence-electron chi connectivity index (χ1n) is 11.0. The van der Waals surface area contributed by atoms with Gasteiger partial charge < -0.3 is 4.90 Å². The molecule has 1 aromatic heterocycles. The highest BCUT2D eigenvalue weighted by molar-refractivity contribution is 7.91. The number of carbonyl (C=O) groups is 1. The number of nitrogens with zero attached hydrogens (tertiary/aromatic N) is 3. The molecule has 2 aromatic carbocycles. The van der Waals surface area contributed by atoms with Crippen molar-refractivity contribution in [3.05, 3.63) is 53.1 Å². The molecule has 0 saturated heterocycles. The number of sulfone groups is 1. The van der Waals surface area contributed by atoms with E-state index >= 15 is 0 Å². The van der Waals surface area contributed by atoms with Crippen LogP contribution >= 0.6 is 23.7 Å². The summed E-state index contributed by atoms with van der Waals surface area (Å²) in [6.45, 7) is 12.7. The molecule has 0 N–H and O–H groups in total. The number of thiazole rings is 1. The van der Waals surface area contributed by atoms with E-state index in [2.05, 4.69) is 30.9 Å². The van der Waals surface area contributed by atoms with Gasteiger partial charge in [0.15, 0.2) is 15.0 Å². The summed E-state index contributed by atoms with van der Waals surface area (Å²) in [5.74, 6) is -0.394. The molecule has 0 saturated carbocycles. The molecule has 0 fully saturated rings. The average molecular weight is 510 g/mol. The molecule has 9 heteroatoms. The zero-order chi connectivity index (χ0) is 23.5. The topological polar surface area (TPSA) is 70.6 Å². The zero-order valence-electron chi connectivity index (χ0n) is 19.8. The van der Waals surface area contributed by atoms with E-state index in [-0.39, 0.29) is 34.5 Å². The fourth-order valence-electron chi connectivity index (χ4n) is 3.76. The first kappa shape index (κ1) is 27.2. The number of carbonyl (C=O) groups excluding carboxylic acids is 1. The fourth-order valence-corrected chi connectivity index (χ4v) is 6.01. The Morgan fingerprint density at radius 2 is 1.70 bits per heavy atom. The van der Waals surface area contributed by atoms with Gasteiger partial charge in [0.1, 0.15) is 0 Å². The van der Waals surface area contributed by atoms with E-state index in [1.54, 1.807) is 30.0 Å². The predicted molar refractivity (Wildman–Crippen MR) is 140 cm³/mol. The lowest BCUT2D eigenvalue weighted by molar-refractivity contribution is 0.0980. The van der Waals surface area contributed by atoms with Gasteiger partial charge in [-0.2, -0.15) is 0 Å². The zero-order valence-corrected chi connectivity index (χ0v) is 22.2. The van der Waals surface area contributed by atoms with Gasteiger partial charge >= 0.3 is 0 Å². The van der Waals surface area contributed by atoms with E-state index in [0.717, 1.165) is 34.4 Å². The molecule has 1 heterocycles. The number of likely N-dealkylation sites (N-methyl/N-ethyl adjacent to an activating group) is 1. The molecule has 0 unspecified atom stereocenters. The fraction of sp³-hybridized carbons (Fsp3) is 0.417. The van der Waals surface area contributed by atoms with E-state index in [0.29, 0.717) is 18.2 Å². The lowest BCUT2D eigenvalue weighted by Gasteiger charge is -2.25. The van der Waals surface area contributed by atoms with Crippen molar-refractivity contribution >= 4 is 54.8 Å². The Kier molecular flexibility index (Phi) is 9.43. The first-order valence-corrected chi connectivity index (χ1v) is 13.4. The average Bonchev–Trinajstić information content (AvgIpc) is 3.20. The van der Waals surface area contributed by atoms with E-state index in [1.807, 2.05) is 13.8 Å². The summed E-state index contributed by atoms with van der Waals surface area (Å²) in [4.78, 5) is 22.5. The molecule has 0 radical (unpaired) electrons. The number of halogens is 1.